The van der Waals surface area contributed by atoms with Crippen LogP contribution < -0.4 is 10.3 Å². The fraction of sp³-hybridized carbons (Fsp3) is 0.429. The number of hydrogen-bond acceptors (Lipinski definition) is 6. The molecule has 6 nitrogen and oxygen atoms in total. The molecular formula is C21H26N4O2S. The molecule has 0 atom stereocenters. The van der Waals surface area contributed by atoms with Crippen molar-refractivity contribution in [2.45, 2.75) is 19.9 Å². The lowest BCUT2D eigenvalue weighted by atomic mass is 10.2. The maximum atomic E-state index is 13.4. The van der Waals surface area contributed by atoms with E-state index < -0.39 is 0 Å². The number of fused-ring (bicyclic) bond motifs is 1. The predicted octanol–water partition coefficient (Wildman–Crippen LogP) is 2.98. The molecule has 1 aromatic carbocycles. The SMILES string of the molecule is CCOc1ccccc1-n1c(CN2CCCN(C)CC2)nc2sccc2c1=O. The van der Waals surface area contributed by atoms with Crippen LogP contribution in [0.15, 0.2) is 40.5 Å². The average molecular weight is 399 g/mol. The van der Waals surface area contributed by atoms with Crippen LogP contribution in [0.5, 0.6) is 5.75 Å². The zero-order chi connectivity index (χ0) is 19.5. The van der Waals surface area contributed by atoms with E-state index in [0.717, 1.165) is 48.9 Å². The minimum absolute atomic E-state index is 0.0275. The maximum Gasteiger partial charge on any atom is 0.267 e. The second-order valence-electron chi connectivity index (χ2n) is 7.14. The number of nitrogens with zero attached hydrogens (tertiary/aromatic N) is 4. The highest BCUT2D eigenvalue weighted by Crippen LogP contribution is 2.25. The van der Waals surface area contributed by atoms with E-state index in [2.05, 4.69) is 16.8 Å². The number of benzene rings is 1. The Labute approximate surface area is 169 Å². The minimum Gasteiger partial charge on any atom is -0.492 e. The molecule has 148 valence electrons. The van der Waals surface area contributed by atoms with Gasteiger partial charge in [0.05, 0.1) is 24.2 Å². The van der Waals surface area contributed by atoms with Gasteiger partial charge in [-0.05, 0) is 57.1 Å². The fourth-order valence-corrected chi connectivity index (χ4v) is 4.46. The molecule has 1 fully saturated rings. The lowest BCUT2D eigenvalue weighted by Gasteiger charge is -2.22. The largest absolute Gasteiger partial charge is 0.492 e. The number of likely N-dealkylation sites (N-methyl/N-ethyl adjacent to an activating group) is 1. The van der Waals surface area contributed by atoms with E-state index in [4.69, 9.17) is 9.72 Å². The van der Waals surface area contributed by atoms with E-state index >= 15 is 0 Å². The maximum absolute atomic E-state index is 13.4. The molecule has 3 aromatic rings. The highest BCUT2D eigenvalue weighted by Gasteiger charge is 2.20. The van der Waals surface area contributed by atoms with Gasteiger partial charge in [-0.1, -0.05) is 12.1 Å². The summed E-state index contributed by atoms with van der Waals surface area (Å²) in [5.41, 5.74) is 0.734. The standard InChI is InChI=1S/C21H26N4O2S/c1-3-27-18-8-5-4-7-17(18)25-19(15-24-11-6-10-23(2)12-13-24)22-20-16(21(25)26)9-14-28-20/h4-5,7-9,14H,3,6,10-13,15H2,1-2H3. The van der Waals surface area contributed by atoms with Crippen LogP contribution in [0.1, 0.15) is 19.2 Å². The molecule has 0 aliphatic carbocycles. The molecule has 1 aliphatic rings. The van der Waals surface area contributed by atoms with E-state index in [0.29, 0.717) is 24.3 Å². The van der Waals surface area contributed by atoms with Crippen molar-refractivity contribution < 1.29 is 4.74 Å². The van der Waals surface area contributed by atoms with Crippen molar-refractivity contribution in [2.24, 2.45) is 0 Å². The lowest BCUT2D eigenvalue weighted by Crippen LogP contribution is -2.32. The molecule has 28 heavy (non-hydrogen) atoms. The van der Waals surface area contributed by atoms with Gasteiger partial charge >= 0.3 is 0 Å². The first-order valence-electron chi connectivity index (χ1n) is 9.79. The van der Waals surface area contributed by atoms with E-state index in [-0.39, 0.29) is 5.56 Å². The summed E-state index contributed by atoms with van der Waals surface area (Å²) < 4.78 is 7.56. The number of rotatable bonds is 5. The van der Waals surface area contributed by atoms with Gasteiger partial charge in [0.25, 0.3) is 5.56 Å². The topological polar surface area (TPSA) is 50.6 Å². The molecule has 1 saturated heterocycles. The van der Waals surface area contributed by atoms with Crippen LogP contribution in [0.2, 0.25) is 0 Å². The molecule has 1 aliphatic heterocycles. The quantitative estimate of drug-likeness (QED) is 0.661. The zero-order valence-corrected chi connectivity index (χ0v) is 17.2. The monoisotopic (exact) mass is 398 g/mol. The van der Waals surface area contributed by atoms with E-state index in [1.54, 1.807) is 4.57 Å². The summed E-state index contributed by atoms with van der Waals surface area (Å²) in [6, 6.07) is 9.58. The number of aromatic nitrogens is 2. The van der Waals surface area contributed by atoms with Crippen molar-refractivity contribution in [1.29, 1.82) is 0 Å². The first-order chi connectivity index (χ1) is 13.7. The van der Waals surface area contributed by atoms with Crippen molar-refractivity contribution in [2.75, 3.05) is 39.8 Å². The molecule has 0 saturated carbocycles. The molecular weight excluding hydrogens is 372 g/mol. The molecule has 2 aromatic heterocycles. The van der Waals surface area contributed by atoms with E-state index in [9.17, 15) is 4.79 Å². The van der Waals surface area contributed by atoms with Crippen LogP contribution in [0.3, 0.4) is 0 Å². The molecule has 3 heterocycles. The Bertz CT molecular complexity index is 1010. The third-order valence-corrected chi connectivity index (χ3v) is 5.96. The molecule has 4 rings (SSSR count). The van der Waals surface area contributed by atoms with Crippen molar-refractivity contribution >= 4 is 21.6 Å². The Morgan fingerprint density at radius 1 is 1.14 bits per heavy atom. The molecule has 0 spiro atoms. The van der Waals surface area contributed by atoms with Crippen LogP contribution >= 0.6 is 11.3 Å². The van der Waals surface area contributed by atoms with Gasteiger partial charge in [-0.3, -0.25) is 14.3 Å². The van der Waals surface area contributed by atoms with Crippen LogP contribution in [0, 0.1) is 0 Å². The van der Waals surface area contributed by atoms with Crippen LogP contribution in [-0.4, -0.2) is 59.2 Å². The Kier molecular flexibility index (Phi) is 5.75. The first kappa shape index (κ1) is 19.1. The summed E-state index contributed by atoms with van der Waals surface area (Å²) in [7, 11) is 2.16. The molecule has 0 radical (unpaired) electrons. The minimum atomic E-state index is -0.0275. The van der Waals surface area contributed by atoms with Gasteiger partial charge in [0, 0.05) is 13.1 Å². The van der Waals surface area contributed by atoms with Gasteiger partial charge in [-0.15, -0.1) is 11.3 Å². The third-order valence-electron chi connectivity index (χ3n) is 5.15. The Balaban J connectivity index is 1.81. The van der Waals surface area contributed by atoms with Crippen LogP contribution in [0.4, 0.5) is 0 Å². The highest BCUT2D eigenvalue weighted by atomic mass is 32.1. The van der Waals surface area contributed by atoms with Crippen molar-refractivity contribution in [3.63, 3.8) is 0 Å². The summed E-state index contributed by atoms with van der Waals surface area (Å²) in [5, 5.41) is 2.60. The van der Waals surface area contributed by atoms with Gasteiger partial charge in [0.15, 0.2) is 0 Å². The number of ether oxygens (including phenoxy) is 1. The van der Waals surface area contributed by atoms with Crippen LogP contribution in [-0.2, 0) is 6.54 Å². The third kappa shape index (κ3) is 3.83. The Morgan fingerprint density at radius 3 is 2.86 bits per heavy atom. The molecule has 0 bridgehead atoms. The van der Waals surface area contributed by atoms with Crippen molar-refractivity contribution in [1.82, 2.24) is 19.4 Å². The van der Waals surface area contributed by atoms with Gasteiger partial charge in [-0.2, -0.15) is 0 Å². The first-order valence-corrected chi connectivity index (χ1v) is 10.7. The second-order valence-corrected chi connectivity index (χ2v) is 8.04. The van der Waals surface area contributed by atoms with Gasteiger partial charge < -0.3 is 9.64 Å². The summed E-state index contributed by atoms with van der Waals surface area (Å²) in [6.07, 6.45) is 1.12. The Hall–Kier alpha value is -2.22. The number of hydrogen-bond donors (Lipinski definition) is 0. The van der Waals surface area contributed by atoms with Crippen LogP contribution in [0.25, 0.3) is 15.9 Å². The van der Waals surface area contributed by atoms with E-state index in [1.807, 2.05) is 42.6 Å². The molecule has 0 unspecified atom stereocenters. The van der Waals surface area contributed by atoms with Crippen molar-refractivity contribution in [3.05, 3.63) is 51.9 Å². The fourth-order valence-electron chi connectivity index (χ4n) is 3.69. The smallest absolute Gasteiger partial charge is 0.267 e. The summed E-state index contributed by atoms with van der Waals surface area (Å²) in [4.78, 5) is 23.8. The van der Waals surface area contributed by atoms with E-state index in [1.165, 1.54) is 11.3 Å². The van der Waals surface area contributed by atoms with Crippen molar-refractivity contribution in [3.8, 4) is 11.4 Å². The summed E-state index contributed by atoms with van der Waals surface area (Å²) in [6.45, 7) is 7.27. The normalized spacial score (nSPS) is 16.4. The van der Waals surface area contributed by atoms with Gasteiger partial charge in [-0.25, -0.2) is 4.98 Å². The summed E-state index contributed by atoms with van der Waals surface area (Å²) >= 11 is 1.52. The van der Waals surface area contributed by atoms with Gasteiger partial charge in [0.2, 0.25) is 0 Å². The molecule has 7 heteroatoms. The molecule has 0 N–H and O–H groups in total. The second kappa shape index (κ2) is 8.43. The number of para-hydroxylation sites is 2. The number of thiophene rings is 1. The average Bonchev–Trinajstić information content (AvgIpc) is 3.07. The zero-order valence-electron chi connectivity index (χ0n) is 16.4. The Morgan fingerprint density at radius 2 is 2.00 bits per heavy atom. The van der Waals surface area contributed by atoms with Gasteiger partial charge in [0.1, 0.15) is 16.4 Å². The summed E-state index contributed by atoms with van der Waals surface area (Å²) in [5.74, 6) is 1.48. The lowest BCUT2D eigenvalue weighted by molar-refractivity contribution is 0.261. The predicted molar refractivity (Wildman–Crippen MR) is 114 cm³/mol. The highest BCUT2D eigenvalue weighted by molar-refractivity contribution is 7.16. The molecule has 0 amide bonds.